The van der Waals surface area contributed by atoms with E-state index in [1.165, 1.54) is 0 Å². The molecule has 9 heteroatoms. The van der Waals surface area contributed by atoms with Crippen LogP contribution in [0.4, 0.5) is 11.4 Å². The lowest BCUT2D eigenvalue weighted by Gasteiger charge is -2.25. The van der Waals surface area contributed by atoms with Crippen molar-refractivity contribution in [3.63, 3.8) is 0 Å². The highest BCUT2D eigenvalue weighted by atomic mass is 35.5. The summed E-state index contributed by atoms with van der Waals surface area (Å²) in [6.45, 7) is 1.38. The molecule has 0 N–H and O–H groups in total. The van der Waals surface area contributed by atoms with Gasteiger partial charge in [-0.25, -0.2) is 4.98 Å². The van der Waals surface area contributed by atoms with Gasteiger partial charge >= 0.3 is 0 Å². The van der Waals surface area contributed by atoms with Crippen molar-refractivity contribution in [2.45, 2.75) is 0 Å². The summed E-state index contributed by atoms with van der Waals surface area (Å²) in [5, 5.41) is 3.60. The summed E-state index contributed by atoms with van der Waals surface area (Å²) in [7, 11) is 1.65. The Labute approximate surface area is 236 Å². The maximum atomic E-state index is 6.61. The molecule has 0 spiro atoms. The molecule has 0 fully saturated rings. The summed E-state index contributed by atoms with van der Waals surface area (Å²) in [6, 6.07) is 21.8. The summed E-state index contributed by atoms with van der Waals surface area (Å²) in [5.41, 5.74) is 5.45. The maximum absolute atomic E-state index is 6.61. The molecule has 4 nitrogen and oxygen atoms in total. The zero-order valence-corrected chi connectivity index (χ0v) is 23.4. The van der Waals surface area contributed by atoms with Crippen LogP contribution >= 0.6 is 58.5 Å². The summed E-state index contributed by atoms with van der Waals surface area (Å²) in [4.78, 5) is 11.5. The van der Waals surface area contributed by atoms with E-state index in [9.17, 15) is 0 Å². The van der Waals surface area contributed by atoms with Gasteiger partial charge in [0, 0.05) is 47.6 Å². The van der Waals surface area contributed by atoms with Crippen molar-refractivity contribution in [2.24, 2.45) is 4.99 Å². The van der Waals surface area contributed by atoms with Crippen molar-refractivity contribution in [3.05, 3.63) is 82.7 Å². The minimum Gasteiger partial charge on any atom is -0.495 e. The number of hydrogen-bond donors (Lipinski definition) is 0. The van der Waals surface area contributed by atoms with E-state index in [1.807, 2.05) is 60.0 Å². The van der Waals surface area contributed by atoms with E-state index in [-0.39, 0.29) is 12.4 Å². The molecule has 4 aromatic rings. The zero-order valence-electron chi connectivity index (χ0n) is 19.5. The van der Waals surface area contributed by atoms with Crippen LogP contribution in [0, 0.1) is 0 Å². The highest BCUT2D eigenvalue weighted by Gasteiger charge is 2.13. The van der Waals surface area contributed by atoms with E-state index < -0.39 is 0 Å². The summed E-state index contributed by atoms with van der Waals surface area (Å²) < 4.78 is 5.61. The van der Waals surface area contributed by atoms with E-state index >= 15 is 0 Å². The van der Waals surface area contributed by atoms with E-state index in [0.717, 1.165) is 44.5 Å². The van der Waals surface area contributed by atoms with Crippen molar-refractivity contribution in [2.75, 3.05) is 36.9 Å². The number of nitrogens with zero attached hydrogens (tertiary/aromatic N) is 3. The smallest absolute Gasteiger partial charge is 0.142 e. The largest absolute Gasteiger partial charge is 0.495 e. The van der Waals surface area contributed by atoms with Crippen LogP contribution in [0.15, 0.2) is 77.1 Å². The Hall–Kier alpha value is -2.28. The third kappa shape index (κ3) is 6.93. The van der Waals surface area contributed by atoms with Crippen molar-refractivity contribution in [1.29, 1.82) is 0 Å². The number of alkyl halides is 2. The predicted molar refractivity (Wildman–Crippen MR) is 159 cm³/mol. The maximum Gasteiger partial charge on any atom is 0.142 e. The third-order valence-electron chi connectivity index (χ3n) is 5.37. The molecule has 188 valence electrons. The SMILES string of the molecule is COc1cc(C=Nc2ccc(-c3csc(-c4ccccc4)n3)c(Cl)c2)ccc1N(CCCl)CCCl.Cl. The molecular weight excluding hydrogens is 556 g/mol. The fraction of sp³-hybridized carbons (Fsp3) is 0.185. The number of aromatic nitrogens is 1. The molecule has 1 aromatic heterocycles. The first kappa shape index (κ1) is 28.3. The average molecular weight is 581 g/mol. The molecule has 0 atom stereocenters. The molecule has 0 amide bonds. The first-order valence-corrected chi connectivity index (χ1v) is 13.4. The minimum absolute atomic E-state index is 0. The van der Waals surface area contributed by atoms with Crippen LogP contribution in [-0.4, -0.2) is 43.2 Å². The van der Waals surface area contributed by atoms with Gasteiger partial charge in [-0.1, -0.05) is 48.0 Å². The van der Waals surface area contributed by atoms with Crippen LogP contribution in [0.1, 0.15) is 5.56 Å². The summed E-state index contributed by atoms with van der Waals surface area (Å²) >= 11 is 20.1. The monoisotopic (exact) mass is 579 g/mol. The Kier molecular flexibility index (Phi) is 10.9. The second kappa shape index (κ2) is 13.9. The number of hydrogen-bond acceptors (Lipinski definition) is 5. The Morgan fingerprint density at radius 1 is 1.00 bits per heavy atom. The average Bonchev–Trinajstić information content (AvgIpc) is 3.38. The number of rotatable bonds is 10. The number of thiazole rings is 1. The summed E-state index contributed by atoms with van der Waals surface area (Å²) in [6.07, 6.45) is 1.79. The number of methoxy groups -OCH3 is 1. The number of halogens is 4. The second-order valence-electron chi connectivity index (χ2n) is 7.62. The molecule has 3 aromatic carbocycles. The highest BCUT2D eigenvalue weighted by molar-refractivity contribution is 7.13. The molecule has 0 unspecified atom stereocenters. The van der Waals surface area contributed by atoms with Gasteiger partial charge in [0.1, 0.15) is 10.8 Å². The molecular formula is C27H25Cl4N3OS. The summed E-state index contributed by atoms with van der Waals surface area (Å²) in [5.74, 6) is 1.76. The number of ether oxygens (including phenoxy) is 1. The van der Waals surface area contributed by atoms with Gasteiger partial charge in [0.2, 0.25) is 0 Å². The lowest BCUT2D eigenvalue weighted by molar-refractivity contribution is 0.414. The Morgan fingerprint density at radius 3 is 2.42 bits per heavy atom. The van der Waals surface area contributed by atoms with E-state index in [2.05, 4.69) is 22.0 Å². The predicted octanol–water partition coefficient (Wildman–Crippen LogP) is 8.60. The zero-order chi connectivity index (χ0) is 24.6. The van der Waals surface area contributed by atoms with Crippen LogP contribution in [0.25, 0.3) is 21.8 Å². The molecule has 0 aliphatic carbocycles. The molecule has 0 saturated heterocycles. The van der Waals surface area contributed by atoms with Crippen molar-refractivity contribution in [1.82, 2.24) is 4.98 Å². The molecule has 1 heterocycles. The highest BCUT2D eigenvalue weighted by Crippen LogP contribution is 2.35. The van der Waals surface area contributed by atoms with E-state index in [4.69, 9.17) is 44.5 Å². The van der Waals surface area contributed by atoms with Gasteiger partial charge in [-0.15, -0.1) is 46.9 Å². The molecule has 0 aliphatic rings. The van der Waals surface area contributed by atoms with Crippen molar-refractivity contribution >= 4 is 76.1 Å². The molecule has 0 bridgehead atoms. The van der Waals surface area contributed by atoms with E-state index in [0.29, 0.717) is 29.9 Å². The van der Waals surface area contributed by atoms with Gasteiger partial charge in [-0.3, -0.25) is 4.99 Å². The van der Waals surface area contributed by atoms with Gasteiger partial charge in [0.25, 0.3) is 0 Å². The quantitative estimate of drug-likeness (QED) is 0.139. The second-order valence-corrected chi connectivity index (χ2v) is 9.64. The lowest BCUT2D eigenvalue weighted by atomic mass is 10.1. The van der Waals surface area contributed by atoms with Crippen LogP contribution < -0.4 is 9.64 Å². The van der Waals surface area contributed by atoms with Crippen molar-refractivity contribution < 1.29 is 4.74 Å². The molecule has 0 aliphatic heterocycles. The topological polar surface area (TPSA) is 37.7 Å². The number of benzene rings is 3. The first-order valence-electron chi connectivity index (χ1n) is 11.0. The Bertz CT molecular complexity index is 1290. The van der Waals surface area contributed by atoms with Gasteiger partial charge < -0.3 is 9.64 Å². The molecule has 0 saturated carbocycles. The standard InChI is InChI=1S/C27H24Cl3N3OS.ClH/c1-34-26-15-19(7-10-25(26)33(13-11-28)14-12-29)17-31-21-8-9-22(23(30)16-21)24-18-35-27(32-24)20-5-3-2-4-6-20;/h2-10,15-18H,11-14H2,1H3;1H. The lowest BCUT2D eigenvalue weighted by Crippen LogP contribution is -2.28. The van der Waals surface area contributed by atoms with Gasteiger partial charge in [0.05, 0.1) is 29.2 Å². The van der Waals surface area contributed by atoms with Crippen LogP contribution in [0.2, 0.25) is 5.02 Å². The Balaban J connectivity index is 0.00000361. The molecule has 4 rings (SSSR count). The normalized spacial score (nSPS) is 10.9. The van der Waals surface area contributed by atoms with Crippen LogP contribution in [0.3, 0.4) is 0 Å². The fourth-order valence-electron chi connectivity index (χ4n) is 3.64. The third-order valence-corrected chi connectivity index (χ3v) is 6.91. The first-order chi connectivity index (χ1) is 17.1. The molecule has 36 heavy (non-hydrogen) atoms. The van der Waals surface area contributed by atoms with Crippen molar-refractivity contribution in [3.8, 4) is 27.6 Å². The fourth-order valence-corrected chi connectivity index (χ4v) is 5.15. The molecule has 0 radical (unpaired) electrons. The number of aliphatic imine (C=N–C) groups is 1. The van der Waals surface area contributed by atoms with Gasteiger partial charge in [0.15, 0.2) is 0 Å². The Morgan fingerprint density at radius 2 is 1.75 bits per heavy atom. The minimum atomic E-state index is 0. The van der Waals surface area contributed by atoms with E-state index in [1.54, 1.807) is 24.7 Å². The van der Waals surface area contributed by atoms with Crippen LogP contribution in [0.5, 0.6) is 5.75 Å². The van der Waals surface area contributed by atoms with Gasteiger partial charge in [-0.05, 0) is 35.9 Å². The van der Waals surface area contributed by atoms with Crippen LogP contribution in [-0.2, 0) is 0 Å². The van der Waals surface area contributed by atoms with Gasteiger partial charge in [-0.2, -0.15) is 0 Å². The number of anilines is 1.